The van der Waals surface area contributed by atoms with Crippen LogP contribution in [-0.2, 0) is 22.6 Å². The minimum atomic E-state index is -0.936. The first kappa shape index (κ1) is 23.6. The van der Waals surface area contributed by atoms with E-state index in [9.17, 15) is 19.1 Å². The molecule has 0 aliphatic rings. The lowest BCUT2D eigenvalue weighted by Gasteiger charge is -2.19. The van der Waals surface area contributed by atoms with Gasteiger partial charge in [0.1, 0.15) is 24.1 Å². The fourth-order valence-electron chi connectivity index (χ4n) is 3.07. The molecule has 1 aromatic heterocycles. The number of aromatic nitrogens is 2. The molecule has 0 saturated carbocycles. The molecule has 2 aromatic carbocycles. The molecule has 0 aliphatic carbocycles. The molecule has 9 heteroatoms. The van der Waals surface area contributed by atoms with Gasteiger partial charge in [-0.1, -0.05) is 24.3 Å². The molecule has 8 nitrogen and oxygen atoms in total. The second-order valence-corrected chi connectivity index (χ2v) is 7.72. The smallest absolute Gasteiger partial charge is 0.411 e. The van der Waals surface area contributed by atoms with Crippen molar-refractivity contribution in [3.63, 3.8) is 0 Å². The summed E-state index contributed by atoms with van der Waals surface area (Å²) in [6.07, 6.45) is 1.38. The van der Waals surface area contributed by atoms with E-state index in [4.69, 9.17) is 4.74 Å². The predicted octanol–water partition coefficient (Wildman–Crippen LogP) is 4.21. The lowest BCUT2D eigenvalue weighted by molar-refractivity contribution is -0.138. The third kappa shape index (κ3) is 6.49. The molecule has 0 radical (unpaired) electrons. The largest absolute Gasteiger partial charge is 0.481 e. The quantitative estimate of drug-likeness (QED) is 0.528. The van der Waals surface area contributed by atoms with Crippen LogP contribution in [0.4, 0.5) is 20.7 Å². The van der Waals surface area contributed by atoms with Gasteiger partial charge in [0.15, 0.2) is 0 Å². The Hall–Kier alpha value is -4.01. The van der Waals surface area contributed by atoms with Gasteiger partial charge in [-0.25, -0.2) is 19.2 Å². The Bertz CT molecular complexity index is 1120. The first-order valence-electron chi connectivity index (χ1n) is 10.3. The molecule has 0 aliphatic heterocycles. The molecule has 0 spiro atoms. The standard InChI is InChI=1S/C24H25FN4O4/c1-15(23(30)31)20-13-26-21(28-22(20)29(2)3)12-16-6-10-19(11-7-16)27-24(32)33-14-17-4-8-18(25)9-5-17/h4-11,13,15H,12,14H2,1-3H3,(H,27,32)(H,30,31). The maximum atomic E-state index is 12.9. The zero-order valence-electron chi connectivity index (χ0n) is 18.6. The zero-order valence-corrected chi connectivity index (χ0v) is 18.6. The van der Waals surface area contributed by atoms with E-state index in [2.05, 4.69) is 15.3 Å². The highest BCUT2D eigenvalue weighted by Crippen LogP contribution is 2.25. The van der Waals surface area contributed by atoms with Gasteiger partial charge in [0.05, 0.1) is 5.92 Å². The second-order valence-electron chi connectivity index (χ2n) is 7.72. The van der Waals surface area contributed by atoms with E-state index in [0.717, 1.165) is 5.56 Å². The number of halogens is 1. The van der Waals surface area contributed by atoms with Crippen molar-refractivity contribution in [2.24, 2.45) is 0 Å². The van der Waals surface area contributed by atoms with Crippen molar-refractivity contribution in [2.75, 3.05) is 24.3 Å². The van der Waals surface area contributed by atoms with E-state index < -0.39 is 18.0 Å². The van der Waals surface area contributed by atoms with Gasteiger partial charge in [-0.05, 0) is 42.3 Å². The maximum absolute atomic E-state index is 12.9. The highest BCUT2D eigenvalue weighted by Gasteiger charge is 2.21. The summed E-state index contributed by atoms with van der Waals surface area (Å²) in [6.45, 7) is 1.64. The summed E-state index contributed by atoms with van der Waals surface area (Å²) < 4.78 is 18.1. The maximum Gasteiger partial charge on any atom is 0.411 e. The van der Waals surface area contributed by atoms with Crippen LogP contribution in [0.15, 0.2) is 54.7 Å². The Morgan fingerprint density at radius 1 is 1.09 bits per heavy atom. The van der Waals surface area contributed by atoms with Gasteiger partial charge in [0.25, 0.3) is 0 Å². The molecular weight excluding hydrogens is 427 g/mol. The SMILES string of the molecule is CC(C(=O)O)c1cnc(Cc2ccc(NC(=O)OCc3ccc(F)cc3)cc2)nc1N(C)C. The number of nitrogens with one attached hydrogen (secondary N) is 1. The predicted molar refractivity (Wildman–Crippen MR) is 122 cm³/mol. The molecule has 3 rings (SSSR count). The molecule has 2 N–H and O–H groups in total. The molecule has 33 heavy (non-hydrogen) atoms. The number of ether oxygens (including phenoxy) is 1. The van der Waals surface area contributed by atoms with E-state index in [-0.39, 0.29) is 12.4 Å². The van der Waals surface area contributed by atoms with Crippen molar-refractivity contribution in [2.45, 2.75) is 25.9 Å². The Labute approximate surface area is 191 Å². The lowest BCUT2D eigenvalue weighted by atomic mass is 10.0. The Balaban J connectivity index is 1.60. The van der Waals surface area contributed by atoms with E-state index in [1.807, 2.05) is 12.1 Å². The highest BCUT2D eigenvalue weighted by molar-refractivity contribution is 5.84. The van der Waals surface area contributed by atoms with Crippen LogP contribution in [0.1, 0.15) is 35.4 Å². The summed E-state index contributed by atoms with van der Waals surface area (Å²) in [5.41, 5.74) is 2.71. The Morgan fingerprint density at radius 3 is 2.33 bits per heavy atom. The van der Waals surface area contributed by atoms with Crippen molar-refractivity contribution >= 4 is 23.6 Å². The fourth-order valence-corrected chi connectivity index (χ4v) is 3.07. The number of amides is 1. The van der Waals surface area contributed by atoms with Crippen molar-refractivity contribution in [1.29, 1.82) is 0 Å². The zero-order chi connectivity index (χ0) is 24.0. The third-order valence-electron chi connectivity index (χ3n) is 4.95. The molecular formula is C24H25FN4O4. The first-order valence-corrected chi connectivity index (χ1v) is 10.3. The molecule has 0 fully saturated rings. The summed E-state index contributed by atoms with van der Waals surface area (Å²) in [5.74, 6) is -0.882. The van der Waals surface area contributed by atoms with Crippen molar-refractivity contribution in [3.8, 4) is 0 Å². The van der Waals surface area contributed by atoms with Gasteiger partial charge >= 0.3 is 12.1 Å². The molecule has 172 valence electrons. The summed E-state index contributed by atoms with van der Waals surface area (Å²) in [5, 5.41) is 12.0. The number of nitrogens with zero attached hydrogens (tertiary/aromatic N) is 3. The Morgan fingerprint density at radius 2 is 1.73 bits per heavy atom. The van der Waals surface area contributed by atoms with Crippen LogP contribution in [0.25, 0.3) is 0 Å². The summed E-state index contributed by atoms with van der Waals surface area (Å²) in [7, 11) is 3.61. The fraction of sp³-hybridized carbons (Fsp3) is 0.250. The van der Waals surface area contributed by atoms with E-state index >= 15 is 0 Å². The molecule has 1 unspecified atom stereocenters. The van der Waals surface area contributed by atoms with Crippen LogP contribution in [0, 0.1) is 5.82 Å². The molecule has 1 atom stereocenters. The number of hydrogen-bond donors (Lipinski definition) is 2. The summed E-state index contributed by atoms with van der Waals surface area (Å²) >= 11 is 0. The van der Waals surface area contributed by atoms with Crippen LogP contribution in [0.3, 0.4) is 0 Å². The molecule has 0 bridgehead atoms. The Kier molecular flexibility index (Phi) is 7.55. The monoisotopic (exact) mass is 452 g/mol. The van der Waals surface area contributed by atoms with Gasteiger partial charge in [-0.2, -0.15) is 0 Å². The van der Waals surface area contributed by atoms with Crippen LogP contribution >= 0.6 is 0 Å². The number of benzene rings is 2. The minimum Gasteiger partial charge on any atom is -0.481 e. The van der Waals surface area contributed by atoms with Crippen molar-refractivity contribution in [1.82, 2.24) is 9.97 Å². The summed E-state index contributed by atoms with van der Waals surface area (Å²) in [6, 6.07) is 12.9. The van der Waals surface area contributed by atoms with Crippen LogP contribution in [-0.4, -0.2) is 41.2 Å². The number of carboxylic acid groups (broad SMARTS) is 1. The first-order chi connectivity index (χ1) is 15.7. The number of carbonyl (C=O) groups is 2. The average molecular weight is 452 g/mol. The number of aliphatic carboxylic acids is 1. The molecule has 3 aromatic rings. The van der Waals surface area contributed by atoms with Gasteiger partial charge < -0.3 is 14.7 Å². The van der Waals surface area contributed by atoms with Crippen LogP contribution in [0.5, 0.6) is 0 Å². The van der Waals surface area contributed by atoms with E-state index in [0.29, 0.717) is 34.9 Å². The van der Waals surface area contributed by atoms with Gasteiger partial charge in [0.2, 0.25) is 0 Å². The highest BCUT2D eigenvalue weighted by atomic mass is 19.1. The second kappa shape index (κ2) is 10.5. The number of rotatable bonds is 8. The third-order valence-corrected chi connectivity index (χ3v) is 4.95. The van der Waals surface area contributed by atoms with Gasteiger partial charge in [-0.3, -0.25) is 10.1 Å². The van der Waals surface area contributed by atoms with Crippen LogP contribution < -0.4 is 10.2 Å². The van der Waals surface area contributed by atoms with Gasteiger partial charge in [0, 0.05) is 38.0 Å². The van der Waals surface area contributed by atoms with Gasteiger partial charge in [-0.15, -0.1) is 0 Å². The average Bonchev–Trinajstić information content (AvgIpc) is 2.79. The number of anilines is 2. The van der Waals surface area contributed by atoms with Crippen LogP contribution in [0.2, 0.25) is 0 Å². The molecule has 1 heterocycles. The summed E-state index contributed by atoms with van der Waals surface area (Å²) in [4.78, 5) is 34.0. The number of carbonyl (C=O) groups excluding carboxylic acids is 1. The van der Waals surface area contributed by atoms with Crippen molar-refractivity contribution < 1.29 is 23.8 Å². The number of hydrogen-bond acceptors (Lipinski definition) is 6. The topological polar surface area (TPSA) is 105 Å². The normalized spacial score (nSPS) is 11.5. The van der Waals surface area contributed by atoms with E-state index in [1.54, 1.807) is 56.4 Å². The minimum absolute atomic E-state index is 0.0340. The van der Waals surface area contributed by atoms with Crippen molar-refractivity contribution in [3.05, 3.63) is 83.1 Å². The lowest BCUT2D eigenvalue weighted by Crippen LogP contribution is -2.19. The molecule has 1 amide bonds. The van der Waals surface area contributed by atoms with E-state index in [1.165, 1.54) is 12.1 Å². The number of carboxylic acids is 1. The molecule has 0 saturated heterocycles.